The van der Waals surface area contributed by atoms with Crippen molar-refractivity contribution >= 4 is 11.9 Å². The van der Waals surface area contributed by atoms with Crippen LogP contribution < -0.4 is 0 Å². The molecule has 2 aromatic rings. The Kier molecular flexibility index (Phi) is 4.89. The number of carbonyl (C=O) groups excluding carboxylic acids is 2. The second-order valence-electron chi connectivity index (χ2n) is 6.58. The van der Waals surface area contributed by atoms with Crippen LogP contribution in [0.3, 0.4) is 0 Å². The summed E-state index contributed by atoms with van der Waals surface area (Å²) >= 11 is 0. The number of carbonyl (C=O) groups is 2. The standard InChI is InChI=1S/C20H18O8/c21-13-5-1-11(2-6-13)19(23)27-15-9-25-18-16(10-26-17(15)18)28-20(24)12-3-7-14(22)8-4-12/h1-8,15-18,21-22H,9-10H2/t15-,16?,17+,18+/m0/s1. The van der Waals surface area contributed by atoms with Gasteiger partial charge in [0.25, 0.3) is 0 Å². The van der Waals surface area contributed by atoms with Crippen molar-refractivity contribution in [1.82, 2.24) is 0 Å². The SMILES string of the molecule is O=C(OC1CO[C@@H]2[C@@H](OC(=O)c3ccc(O)cc3)CO[C@H]12)c1ccc(O)cc1. The summed E-state index contributed by atoms with van der Waals surface area (Å²) in [5, 5.41) is 18.6. The van der Waals surface area contributed by atoms with E-state index in [9.17, 15) is 19.8 Å². The molecule has 2 aliphatic heterocycles. The van der Waals surface area contributed by atoms with E-state index in [-0.39, 0.29) is 24.7 Å². The highest BCUT2D eigenvalue weighted by molar-refractivity contribution is 5.90. The first-order chi connectivity index (χ1) is 13.5. The summed E-state index contributed by atoms with van der Waals surface area (Å²) < 4.78 is 22.2. The summed E-state index contributed by atoms with van der Waals surface area (Å²) in [6.45, 7) is 0.263. The van der Waals surface area contributed by atoms with Gasteiger partial charge in [-0.2, -0.15) is 0 Å². The Morgan fingerprint density at radius 2 is 1.07 bits per heavy atom. The van der Waals surface area contributed by atoms with Crippen LogP contribution in [0.15, 0.2) is 48.5 Å². The summed E-state index contributed by atoms with van der Waals surface area (Å²) in [5.41, 5.74) is 0.601. The fourth-order valence-electron chi connectivity index (χ4n) is 3.24. The van der Waals surface area contributed by atoms with Crippen molar-refractivity contribution in [3.63, 3.8) is 0 Å². The van der Waals surface area contributed by atoms with Gasteiger partial charge in [-0.25, -0.2) is 9.59 Å². The van der Waals surface area contributed by atoms with Crippen LogP contribution in [0.5, 0.6) is 11.5 Å². The number of phenols is 2. The number of hydrogen-bond acceptors (Lipinski definition) is 8. The van der Waals surface area contributed by atoms with E-state index in [2.05, 4.69) is 0 Å². The molecule has 2 aromatic carbocycles. The molecule has 2 aliphatic rings. The van der Waals surface area contributed by atoms with Gasteiger partial charge in [0.2, 0.25) is 0 Å². The maximum absolute atomic E-state index is 12.3. The van der Waals surface area contributed by atoms with Crippen molar-refractivity contribution in [2.75, 3.05) is 13.2 Å². The minimum atomic E-state index is -0.622. The molecule has 8 heteroatoms. The number of esters is 2. The lowest BCUT2D eigenvalue weighted by molar-refractivity contribution is -0.0287. The predicted octanol–water partition coefficient (Wildman–Crippen LogP) is 1.65. The van der Waals surface area contributed by atoms with E-state index in [4.69, 9.17) is 18.9 Å². The minimum absolute atomic E-state index is 0.0539. The number of ether oxygens (including phenoxy) is 4. The molecule has 0 spiro atoms. The smallest absolute Gasteiger partial charge is 0.338 e. The number of benzene rings is 2. The van der Waals surface area contributed by atoms with E-state index in [0.29, 0.717) is 11.1 Å². The van der Waals surface area contributed by atoms with Crippen molar-refractivity contribution < 1.29 is 38.7 Å². The highest BCUT2D eigenvalue weighted by Crippen LogP contribution is 2.31. The fraction of sp³-hybridized carbons (Fsp3) is 0.300. The summed E-state index contributed by atoms with van der Waals surface area (Å²) in [7, 11) is 0. The Bertz CT molecular complexity index is 787. The number of aromatic hydroxyl groups is 2. The Morgan fingerprint density at radius 3 is 1.43 bits per heavy atom. The second-order valence-corrected chi connectivity index (χ2v) is 6.58. The van der Waals surface area contributed by atoms with Crippen LogP contribution in [0, 0.1) is 0 Å². The molecule has 28 heavy (non-hydrogen) atoms. The van der Waals surface area contributed by atoms with Crippen molar-refractivity contribution in [2.24, 2.45) is 0 Å². The zero-order valence-corrected chi connectivity index (χ0v) is 14.7. The highest BCUT2D eigenvalue weighted by Gasteiger charge is 2.51. The van der Waals surface area contributed by atoms with Gasteiger partial charge >= 0.3 is 11.9 Å². The largest absolute Gasteiger partial charge is 0.508 e. The molecular formula is C20H18O8. The Labute approximate surface area is 160 Å². The van der Waals surface area contributed by atoms with Crippen LogP contribution in [0.25, 0.3) is 0 Å². The predicted molar refractivity (Wildman–Crippen MR) is 94.1 cm³/mol. The first kappa shape index (κ1) is 18.3. The third-order valence-electron chi connectivity index (χ3n) is 4.69. The maximum atomic E-state index is 12.3. The Hall–Kier alpha value is -3.10. The molecular weight excluding hydrogens is 368 g/mol. The lowest BCUT2D eigenvalue weighted by Gasteiger charge is -2.17. The Balaban J connectivity index is 1.36. The molecule has 4 atom stereocenters. The number of rotatable bonds is 4. The molecule has 1 unspecified atom stereocenters. The summed E-state index contributed by atoms with van der Waals surface area (Å²) in [6, 6.07) is 11.4. The molecule has 2 saturated heterocycles. The average Bonchev–Trinajstić information content (AvgIpc) is 3.26. The molecule has 0 aromatic heterocycles. The van der Waals surface area contributed by atoms with Crippen LogP contribution in [-0.2, 0) is 18.9 Å². The number of fused-ring (bicyclic) bond motifs is 1. The third-order valence-corrected chi connectivity index (χ3v) is 4.69. The lowest BCUT2D eigenvalue weighted by atomic mass is 10.1. The average molecular weight is 386 g/mol. The Morgan fingerprint density at radius 1 is 0.714 bits per heavy atom. The summed E-state index contributed by atoms with van der Waals surface area (Å²) in [6.07, 6.45) is -2.30. The van der Waals surface area contributed by atoms with E-state index in [1.807, 2.05) is 0 Å². The first-order valence-electron chi connectivity index (χ1n) is 8.74. The molecule has 0 aliphatic carbocycles. The van der Waals surface area contributed by atoms with Gasteiger partial charge < -0.3 is 29.2 Å². The van der Waals surface area contributed by atoms with Gasteiger partial charge in [0, 0.05) is 0 Å². The zero-order chi connectivity index (χ0) is 19.7. The van der Waals surface area contributed by atoms with Gasteiger partial charge in [-0.3, -0.25) is 0 Å². The molecule has 8 nitrogen and oxygen atoms in total. The topological polar surface area (TPSA) is 112 Å². The van der Waals surface area contributed by atoms with Crippen molar-refractivity contribution in [3.05, 3.63) is 59.7 Å². The molecule has 2 fully saturated rings. The van der Waals surface area contributed by atoms with Crippen LogP contribution in [0.4, 0.5) is 0 Å². The number of hydrogen-bond donors (Lipinski definition) is 2. The van der Waals surface area contributed by atoms with Gasteiger partial charge in [-0.05, 0) is 48.5 Å². The normalized spacial score (nSPS) is 25.9. The van der Waals surface area contributed by atoms with Crippen molar-refractivity contribution in [1.29, 1.82) is 0 Å². The van der Waals surface area contributed by atoms with Crippen molar-refractivity contribution in [3.8, 4) is 11.5 Å². The van der Waals surface area contributed by atoms with E-state index in [0.717, 1.165) is 0 Å². The highest BCUT2D eigenvalue weighted by atomic mass is 16.7. The van der Waals surface area contributed by atoms with Crippen LogP contribution in [0.1, 0.15) is 20.7 Å². The second kappa shape index (κ2) is 7.49. The third kappa shape index (κ3) is 3.64. The summed E-state index contributed by atoms with van der Waals surface area (Å²) in [4.78, 5) is 24.5. The molecule has 0 saturated carbocycles. The zero-order valence-electron chi connectivity index (χ0n) is 14.7. The van der Waals surface area contributed by atoms with Gasteiger partial charge in [0.1, 0.15) is 23.7 Å². The lowest BCUT2D eigenvalue weighted by Crippen LogP contribution is -2.36. The molecule has 0 bridgehead atoms. The van der Waals surface area contributed by atoms with E-state index < -0.39 is 36.4 Å². The fourth-order valence-corrected chi connectivity index (χ4v) is 3.24. The van der Waals surface area contributed by atoms with Crippen LogP contribution in [-0.4, -0.2) is 59.8 Å². The van der Waals surface area contributed by atoms with Gasteiger partial charge in [-0.15, -0.1) is 0 Å². The van der Waals surface area contributed by atoms with E-state index in [1.54, 1.807) is 0 Å². The van der Waals surface area contributed by atoms with E-state index >= 15 is 0 Å². The molecule has 0 amide bonds. The van der Waals surface area contributed by atoms with Gasteiger partial charge in [0.15, 0.2) is 12.2 Å². The molecule has 4 rings (SSSR count). The summed E-state index contributed by atoms with van der Waals surface area (Å²) in [5.74, 6) is -0.999. The van der Waals surface area contributed by atoms with E-state index in [1.165, 1.54) is 48.5 Å². The first-order valence-corrected chi connectivity index (χ1v) is 8.74. The van der Waals surface area contributed by atoms with Crippen molar-refractivity contribution in [2.45, 2.75) is 24.4 Å². The molecule has 0 radical (unpaired) electrons. The molecule has 146 valence electrons. The maximum Gasteiger partial charge on any atom is 0.338 e. The monoisotopic (exact) mass is 386 g/mol. The van der Waals surface area contributed by atoms with Crippen LogP contribution in [0.2, 0.25) is 0 Å². The molecule has 2 N–H and O–H groups in total. The minimum Gasteiger partial charge on any atom is -0.508 e. The quantitative estimate of drug-likeness (QED) is 0.763. The van der Waals surface area contributed by atoms with Gasteiger partial charge in [-0.1, -0.05) is 0 Å². The molecule has 2 heterocycles. The van der Waals surface area contributed by atoms with Crippen LogP contribution >= 0.6 is 0 Å². The van der Waals surface area contributed by atoms with Gasteiger partial charge in [0.05, 0.1) is 24.3 Å². The number of phenolic OH excluding ortho intramolecular Hbond substituents is 2.